The lowest BCUT2D eigenvalue weighted by Gasteiger charge is -2.33. The van der Waals surface area contributed by atoms with Gasteiger partial charge in [0.25, 0.3) is 15.9 Å². The van der Waals surface area contributed by atoms with Crippen LogP contribution < -0.4 is 4.31 Å². The number of hydrogen-bond acceptors (Lipinski definition) is 6. The van der Waals surface area contributed by atoms with E-state index in [1.54, 1.807) is 40.6 Å². The first kappa shape index (κ1) is 21.3. The van der Waals surface area contributed by atoms with Gasteiger partial charge >= 0.3 is 0 Å². The number of benzene rings is 1. The van der Waals surface area contributed by atoms with E-state index >= 15 is 0 Å². The number of nitrogens with zero attached hydrogens (tertiary/aromatic N) is 3. The zero-order valence-electron chi connectivity index (χ0n) is 16.7. The fourth-order valence-corrected chi connectivity index (χ4v) is 7.92. The van der Waals surface area contributed by atoms with Crippen molar-refractivity contribution < 1.29 is 21.6 Å². The van der Waals surface area contributed by atoms with Crippen molar-refractivity contribution in [3.05, 3.63) is 46.8 Å². The monoisotopic (exact) mass is 469 g/mol. The summed E-state index contributed by atoms with van der Waals surface area (Å²) in [6.45, 7) is 2.96. The lowest BCUT2D eigenvalue weighted by molar-refractivity contribution is 0.0698. The highest BCUT2D eigenvalue weighted by molar-refractivity contribution is 7.92. The van der Waals surface area contributed by atoms with Crippen LogP contribution in [0.5, 0.6) is 0 Å². The second-order valence-corrected chi connectivity index (χ2v) is 12.6. The van der Waals surface area contributed by atoms with Crippen molar-refractivity contribution in [2.24, 2.45) is 0 Å². The summed E-state index contributed by atoms with van der Waals surface area (Å²) >= 11 is 1.18. The average Bonchev–Trinajstić information content (AvgIpc) is 3.34. The summed E-state index contributed by atoms with van der Waals surface area (Å²) in [6.07, 6.45) is 1.73. The molecule has 8 nitrogen and oxygen atoms in total. The molecule has 1 fully saturated rings. The number of amides is 1. The van der Waals surface area contributed by atoms with Gasteiger partial charge in [0.05, 0.1) is 11.9 Å². The van der Waals surface area contributed by atoms with Gasteiger partial charge in [0.2, 0.25) is 10.0 Å². The smallest absolute Gasteiger partial charge is 0.253 e. The van der Waals surface area contributed by atoms with Crippen molar-refractivity contribution >= 4 is 43.0 Å². The molecule has 11 heteroatoms. The van der Waals surface area contributed by atoms with Crippen LogP contribution >= 0.6 is 11.3 Å². The molecule has 3 heterocycles. The Balaban J connectivity index is 1.48. The summed E-state index contributed by atoms with van der Waals surface area (Å²) in [4.78, 5) is 14.6. The zero-order chi connectivity index (χ0) is 21.7. The molecule has 0 bridgehead atoms. The maximum absolute atomic E-state index is 13.0. The van der Waals surface area contributed by atoms with Crippen molar-refractivity contribution in [2.45, 2.75) is 23.6 Å². The molecular weight excluding hydrogens is 446 g/mol. The summed E-state index contributed by atoms with van der Waals surface area (Å²) in [6, 6.07) is 8.19. The van der Waals surface area contributed by atoms with Crippen LogP contribution in [0.2, 0.25) is 0 Å². The van der Waals surface area contributed by atoms with E-state index in [-0.39, 0.29) is 25.0 Å². The first-order valence-electron chi connectivity index (χ1n) is 9.54. The molecule has 0 N–H and O–H groups in total. The van der Waals surface area contributed by atoms with Crippen LogP contribution in [0.25, 0.3) is 0 Å². The minimum atomic E-state index is -3.52. The Morgan fingerprint density at radius 3 is 2.37 bits per heavy atom. The Kier molecular flexibility index (Phi) is 5.41. The number of fused-ring (bicyclic) bond motifs is 1. The van der Waals surface area contributed by atoms with Crippen LogP contribution in [0.15, 0.2) is 39.9 Å². The van der Waals surface area contributed by atoms with Crippen molar-refractivity contribution in [3.8, 4) is 0 Å². The number of carbonyl (C=O) groups excluding carboxylic acids is 1. The van der Waals surface area contributed by atoms with E-state index in [1.165, 1.54) is 26.2 Å². The van der Waals surface area contributed by atoms with E-state index in [2.05, 4.69) is 0 Å². The number of anilines is 1. The van der Waals surface area contributed by atoms with Crippen LogP contribution in [0, 0.1) is 0 Å². The van der Waals surface area contributed by atoms with Gasteiger partial charge in [0.15, 0.2) is 0 Å². The van der Waals surface area contributed by atoms with E-state index in [0.29, 0.717) is 35.0 Å². The Labute approximate surface area is 180 Å². The average molecular weight is 470 g/mol. The van der Waals surface area contributed by atoms with Gasteiger partial charge in [0.1, 0.15) is 4.21 Å². The van der Waals surface area contributed by atoms with Gasteiger partial charge in [-0.15, -0.1) is 11.3 Å². The molecule has 1 aromatic heterocycles. The third kappa shape index (κ3) is 3.75. The van der Waals surface area contributed by atoms with Crippen LogP contribution in [0.1, 0.15) is 22.8 Å². The maximum atomic E-state index is 13.0. The van der Waals surface area contributed by atoms with E-state index in [1.807, 2.05) is 6.92 Å². The number of hydrogen-bond donors (Lipinski definition) is 0. The topological polar surface area (TPSA) is 95.1 Å². The Hall–Kier alpha value is -1.95. The SMILES string of the molecule is CC1Cc2cc(C(=O)N3CCN(S(=O)(=O)c4cccs4)CC3)ccc2N1S(C)(=O)=O. The molecule has 30 heavy (non-hydrogen) atoms. The van der Waals surface area contributed by atoms with Crippen LogP contribution in [0.3, 0.4) is 0 Å². The second-order valence-electron chi connectivity index (χ2n) is 7.58. The first-order chi connectivity index (χ1) is 14.1. The molecule has 0 spiro atoms. The lowest BCUT2D eigenvalue weighted by Crippen LogP contribution is -2.50. The quantitative estimate of drug-likeness (QED) is 0.678. The number of rotatable bonds is 4. The molecule has 2 aromatic rings. The number of thiophene rings is 1. The summed E-state index contributed by atoms with van der Waals surface area (Å²) in [7, 11) is -6.90. The van der Waals surface area contributed by atoms with E-state index in [9.17, 15) is 21.6 Å². The van der Waals surface area contributed by atoms with E-state index in [0.717, 1.165) is 5.56 Å². The normalized spacial score (nSPS) is 20.4. The second kappa shape index (κ2) is 7.63. The van der Waals surface area contributed by atoms with Gasteiger partial charge < -0.3 is 4.90 Å². The summed E-state index contributed by atoms with van der Waals surface area (Å²) in [5, 5.41) is 1.73. The predicted octanol–water partition coefficient (Wildman–Crippen LogP) is 1.61. The Morgan fingerprint density at radius 1 is 1.07 bits per heavy atom. The molecule has 0 aliphatic carbocycles. The Morgan fingerprint density at radius 2 is 1.77 bits per heavy atom. The minimum absolute atomic E-state index is 0.170. The third-order valence-electron chi connectivity index (χ3n) is 5.45. The van der Waals surface area contributed by atoms with Crippen molar-refractivity contribution in [1.29, 1.82) is 0 Å². The van der Waals surface area contributed by atoms with Gasteiger partial charge in [-0.1, -0.05) is 6.07 Å². The fraction of sp³-hybridized carbons (Fsp3) is 0.421. The highest BCUT2D eigenvalue weighted by atomic mass is 32.2. The number of piperazine rings is 1. The summed E-state index contributed by atoms with van der Waals surface area (Å²) in [5.41, 5.74) is 1.94. The minimum Gasteiger partial charge on any atom is -0.336 e. The van der Waals surface area contributed by atoms with E-state index in [4.69, 9.17) is 0 Å². The molecule has 1 saturated heterocycles. The molecule has 4 rings (SSSR count). The first-order valence-corrected chi connectivity index (χ1v) is 13.7. The number of carbonyl (C=O) groups is 1. The van der Waals surface area contributed by atoms with Gasteiger partial charge in [-0.25, -0.2) is 16.8 Å². The van der Waals surface area contributed by atoms with Crippen molar-refractivity contribution in [2.75, 3.05) is 36.7 Å². The van der Waals surface area contributed by atoms with Gasteiger partial charge in [-0.3, -0.25) is 9.10 Å². The van der Waals surface area contributed by atoms with Gasteiger partial charge in [-0.05, 0) is 48.6 Å². The molecule has 1 unspecified atom stereocenters. The van der Waals surface area contributed by atoms with Crippen LogP contribution in [-0.4, -0.2) is 70.4 Å². The Bertz CT molecular complexity index is 1170. The fourth-order valence-electron chi connectivity index (χ4n) is 4.09. The molecule has 2 aliphatic heterocycles. The van der Waals surface area contributed by atoms with Crippen molar-refractivity contribution in [1.82, 2.24) is 9.21 Å². The number of sulfonamides is 2. The standard InChI is InChI=1S/C19H23N3O5S3/c1-14-12-16-13-15(5-6-17(16)22(14)29(2,24)25)19(23)20-7-9-21(10-8-20)30(26,27)18-4-3-11-28-18/h3-6,11,13-14H,7-10,12H2,1-2H3. The van der Waals surface area contributed by atoms with Gasteiger partial charge in [0, 0.05) is 37.8 Å². The highest BCUT2D eigenvalue weighted by Crippen LogP contribution is 2.35. The zero-order valence-corrected chi connectivity index (χ0v) is 19.1. The highest BCUT2D eigenvalue weighted by Gasteiger charge is 2.34. The molecule has 1 aromatic carbocycles. The summed E-state index contributed by atoms with van der Waals surface area (Å²) in [5.74, 6) is -0.170. The molecule has 1 atom stereocenters. The maximum Gasteiger partial charge on any atom is 0.253 e. The van der Waals surface area contributed by atoms with Gasteiger partial charge in [-0.2, -0.15) is 4.31 Å². The molecule has 0 saturated carbocycles. The molecule has 2 aliphatic rings. The third-order valence-corrected chi connectivity index (χ3v) is 9.99. The van der Waals surface area contributed by atoms with Crippen molar-refractivity contribution in [3.63, 3.8) is 0 Å². The largest absolute Gasteiger partial charge is 0.336 e. The lowest BCUT2D eigenvalue weighted by atomic mass is 10.1. The van der Waals surface area contributed by atoms with Crippen LogP contribution in [-0.2, 0) is 26.5 Å². The van der Waals surface area contributed by atoms with Crippen LogP contribution in [0.4, 0.5) is 5.69 Å². The predicted molar refractivity (Wildman–Crippen MR) is 116 cm³/mol. The molecule has 1 amide bonds. The molecular formula is C19H23N3O5S3. The molecule has 0 radical (unpaired) electrons. The van der Waals surface area contributed by atoms with E-state index < -0.39 is 20.0 Å². The summed E-state index contributed by atoms with van der Waals surface area (Å²) < 4.78 is 52.5. The molecule has 162 valence electrons.